The van der Waals surface area contributed by atoms with Gasteiger partial charge >= 0.3 is 0 Å². The van der Waals surface area contributed by atoms with Crippen LogP contribution in [0.5, 0.6) is 0 Å². The zero-order valence-electron chi connectivity index (χ0n) is 15.2. The number of primary amides is 1. The lowest BCUT2D eigenvalue weighted by Crippen LogP contribution is -2.55. The van der Waals surface area contributed by atoms with Crippen molar-refractivity contribution < 1.29 is 13.6 Å². The fourth-order valence-electron chi connectivity index (χ4n) is 3.20. The molecule has 2 aliphatic rings. The summed E-state index contributed by atoms with van der Waals surface area (Å²) in [5, 5.41) is 13.6. The van der Waals surface area contributed by atoms with E-state index in [0.717, 1.165) is 12.8 Å². The molecule has 2 fully saturated rings. The van der Waals surface area contributed by atoms with E-state index in [1.54, 1.807) is 0 Å². The molecule has 0 aliphatic heterocycles. The van der Waals surface area contributed by atoms with E-state index < -0.39 is 23.9 Å². The fraction of sp³-hybridized carbons (Fsp3) is 0.588. The van der Waals surface area contributed by atoms with E-state index in [2.05, 4.69) is 20.6 Å². The smallest absolute Gasteiger partial charge is 0.271 e. The van der Waals surface area contributed by atoms with Crippen molar-refractivity contribution >= 4 is 40.5 Å². The van der Waals surface area contributed by atoms with Crippen LogP contribution in [0.1, 0.15) is 49.0 Å². The number of rotatable bonds is 7. The van der Waals surface area contributed by atoms with Crippen LogP contribution in [0.4, 0.5) is 20.4 Å². The number of aromatic nitrogens is 2. The Bertz CT molecular complexity index is 800. The highest BCUT2D eigenvalue weighted by atomic mass is 32.1. The Hall–Kier alpha value is -2.27. The van der Waals surface area contributed by atoms with Crippen LogP contribution in [0.3, 0.4) is 0 Å². The van der Waals surface area contributed by atoms with Crippen molar-refractivity contribution in [3.63, 3.8) is 0 Å². The molecule has 2 aliphatic carbocycles. The molecule has 2 saturated carbocycles. The standard InChI is InChI=1S/C17H23F2N7OS/c18-17(19)5-1-2-10(14(17)21)24-11-7-23-13(15(22)27)16(25-11)26-12(28)6-9(20)8-3-4-8/h7-8,10,14,20H,1-6,21H2,(H2,22,27)(H2,24,25,26,28). The van der Waals surface area contributed by atoms with E-state index in [1.807, 2.05) is 0 Å². The van der Waals surface area contributed by atoms with Crippen LogP contribution < -0.4 is 22.1 Å². The first kappa shape index (κ1) is 20.5. The number of hydrogen-bond acceptors (Lipinski definition) is 7. The first-order valence-corrected chi connectivity index (χ1v) is 9.52. The number of carbonyl (C=O) groups excluding carboxylic acids is 1. The summed E-state index contributed by atoms with van der Waals surface area (Å²) in [6, 6.07) is -2.03. The Morgan fingerprint density at radius 3 is 2.75 bits per heavy atom. The molecule has 0 bridgehead atoms. The second kappa shape index (κ2) is 8.00. The normalized spacial score (nSPS) is 23.7. The van der Waals surface area contributed by atoms with Gasteiger partial charge in [-0.05, 0) is 31.6 Å². The fourth-order valence-corrected chi connectivity index (χ4v) is 3.45. The number of anilines is 2. The molecule has 0 spiro atoms. The second-order valence-corrected chi connectivity index (χ2v) is 7.76. The van der Waals surface area contributed by atoms with E-state index in [0.29, 0.717) is 23.5 Å². The van der Waals surface area contributed by atoms with Gasteiger partial charge in [-0.3, -0.25) is 4.79 Å². The Morgan fingerprint density at radius 1 is 1.39 bits per heavy atom. The second-order valence-electron chi connectivity index (χ2n) is 7.27. The predicted molar refractivity (Wildman–Crippen MR) is 106 cm³/mol. The number of nitrogens with two attached hydrogens (primary N) is 2. The van der Waals surface area contributed by atoms with Gasteiger partial charge in [0.05, 0.1) is 17.2 Å². The number of halogens is 2. The Kier molecular flexibility index (Phi) is 5.84. The Labute approximate surface area is 166 Å². The predicted octanol–water partition coefficient (Wildman–Crippen LogP) is 2.06. The highest BCUT2D eigenvalue weighted by Crippen LogP contribution is 2.34. The summed E-state index contributed by atoms with van der Waals surface area (Å²) in [4.78, 5) is 20.2. The van der Waals surface area contributed by atoms with Crippen molar-refractivity contribution in [2.24, 2.45) is 17.4 Å². The highest BCUT2D eigenvalue weighted by molar-refractivity contribution is 7.80. The molecule has 8 nitrogen and oxygen atoms in total. The largest absolute Gasteiger partial charge is 0.364 e. The van der Waals surface area contributed by atoms with Crippen molar-refractivity contribution in [2.45, 2.75) is 56.5 Å². The maximum atomic E-state index is 13.9. The van der Waals surface area contributed by atoms with Crippen LogP contribution in [0, 0.1) is 11.3 Å². The minimum Gasteiger partial charge on any atom is -0.364 e. The molecule has 3 rings (SSSR count). The number of amides is 1. The number of alkyl halides is 2. The van der Waals surface area contributed by atoms with Crippen molar-refractivity contribution in [3.05, 3.63) is 11.9 Å². The third-order valence-electron chi connectivity index (χ3n) is 4.96. The first-order chi connectivity index (χ1) is 13.2. The lowest BCUT2D eigenvalue weighted by molar-refractivity contribution is -0.0554. The maximum Gasteiger partial charge on any atom is 0.271 e. The van der Waals surface area contributed by atoms with Crippen molar-refractivity contribution in [3.8, 4) is 0 Å². The third kappa shape index (κ3) is 4.76. The number of thiocarbonyl (C=S) groups is 1. The molecule has 0 radical (unpaired) electrons. The zero-order valence-corrected chi connectivity index (χ0v) is 16.0. The van der Waals surface area contributed by atoms with Gasteiger partial charge in [-0.15, -0.1) is 0 Å². The Morgan fingerprint density at radius 2 is 2.11 bits per heavy atom. The summed E-state index contributed by atoms with van der Waals surface area (Å²) in [5.74, 6) is -3.28. The van der Waals surface area contributed by atoms with Crippen molar-refractivity contribution in [2.75, 3.05) is 10.6 Å². The molecule has 28 heavy (non-hydrogen) atoms. The van der Waals surface area contributed by atoms with Crippen LogP contribution in [-0.4, -0.2) is 44.6 Å². The quantitative estimate of drug-likeness (QED) is 0.341. The van der Waals surface area contributed by atoms with Gasteiger partial charge < -0.3 is 27.5 Å². The summed E-state index contributed by atoms with van der Waals surface area (Å²) < 4.78 is 27.7. The molecule has 7 N–H and O–H groups in total. The molecule has 0 aromatic carbocycles. The van der Waals surface area contributed by atoms with Crippen LogP contribution >= 0.6 is 12.2 Å². The molecule has 1 aromatic heterocycles. The van der Waals surface area contributed by atoms with Gasteiger partial charge in [-0.25, -0.2) is 18.7 Å². The lowest BCUT2D eigenvalue weighted by atomic mass is 9.87. The van der Waals surface area contributed by atoms with Crippen molar-refractivity contribution in [1.29, 1.82) is 5.41 Å². The topological polar surface area (TPSA) is 143 Å². The molecule has 152 valence electrons. The summed E-state index contributed by atoms with van der Waals surface area (Å²) in [6.07, 6.45) is 4.03. The summed E-state index contributed by atoms with van der Waals surface area (Å²) in [7, 11) is 0. The van der Waals surface area contributed by atoms with E-state index in [4.69, 9.17) is 29.1 Å². The monoisotopic (exact) mass is 411 g/mol. The van der Waals surface area contributed by atoms with E-state index in [-0.39, 0.29) is 36.1 Å². The van der Waals surface area contributed by atoms with Gasteiger partial charge in [0.25, 0.3) is 11.8 Å². The summed E-state index contributed by atoms with van der Waals surface area (Å²) >= 11 is 5.25. The highest BCUT2D eigenvalue weighted by Gasteiger charge is 2.44. The molecule has 11 heteroatoms. The van der Waals surface area contributed by atoms with E-state index >= 15 is 0 Å². The Balaban J connectivity index is 1.74. The van der Waals surface area contributed by atoms with Gasteiger partial charge in [0, 0.05) is 24.6 Å². The SMILES string of the molecule is N=C(CC(=S)Nc1nc(NC2CCCC(F)(F)C2N)cnc1C(N)=O)C1CC1. The maximum absolute atomic E-state index is 13.9. The molecule has 1 amide bonds. The number of nitrogens with zero attached hydrogens (tertiary/aromatic N) is 2. The number of hydrogen-bond donors (Lipinski definition) is 5. The molecule has 2 unspecified atom stereocenters. The van der Waals surface area contributed by atoms with Crippen molar-refractivity contribution in [1.82, 2.24) is 9.97 Å². The van der Waals surface area contributed by atoms with Crippen LogP contribution in [0.15, 0.2) is 6.20 Å². The van der Waals surface area contributed by atoms with Crippen LogP contribution in [0.2, 0.25) is 0 Å². The van der Waals surface area contributed by atoms with Gasteiger partial charge in [-0.2, -0.15) is 0 Å². The molecule has 2 atom stereocenters. The van der Waals surface area contributed by atoms with Crippen LogP contribution in [0.25, 0.3) is 0 Å². The van der Waals surface area contributed by atoms with E-state index in [9.17, 15) is 13.6 Å². The van der Waals surface area contributed by atoms with Crippen LogP contribution in [-0.2, 0) is 0 Å². The molecule has 1 aromatic rings. The number of nitrogens with one attached hydrogen (secondary N) is 3. The average molecular weight is 411 g/mol. The lowest BCUT2D eigenvalue weighted by Gasteiger charge is -2.36. The van der Waals surface area contributed by atoms with Gasteiger partial charge in [0.1, 0.15) is 5.82 Å². The number of carbonyl (C=O) groups is 1. The molecule has 0 saturated heterocycles. The van der Waals surface area contributed by atoms with E-state index in [1.165, 1.54) is 6.20 Å². The first-order valence-electron chi connectivity index (χ1n) is 9.11. The summed E-state index contributed by atoms with van der Waals surface area (Å²) in [6.45, 7) is 0. The zero-order chi connectivity index (χ0) is 20.5. The summed E-state index contributed by atoms with van der Waals surface area (Å²) in [5.41, 5.74) is 11.4. The molecule has 1 heterocycles. The van der Waals surface area contributed by atoms with Gasteiger partial charge in [-0.1, -0.05) is 12.2 Å². The average Bonchev–Trinajstić information content (AvgIpc) is 3.44. The molecular formula is C17H23F2N7OS. The minimum absolute atomic E-state index is 0.0299. The minimum atomic E-state index is -2.96. The third-order valence-corrected chi connectivity index (χ3v) is 5.21. The van der Waals surface area contributed by atoms with Gasteiger partial charge in [0.15, 0.2) is 11.5 Å². The molecular weight excluding hydrogens is 388 g/mol. The van der Waals surface area contributed by atoms with Gasteiger partial charge in [0.2, 0.25) is 0 Å².